The number of amides is 5. The largest absolute Gasteiger partial charge is 0.387 e. The number of rotatable bonds is 10. The zero-order valence-electron chi connectivity index (χ0n) is 27.0. The second-order valence-corrected chi connectivity index (χ2v) is 13.2. The highest BCUT2D eigenvalue weighted by Crippen LogP contribution is 2.38. The van der Waals surface area contributed by atoms with Gasteiger partial charge in [-0.15, -0.1) is 0 Å². The Kier molecular flexibility index (Phi) is 8.89. The Hall–Kier alpha value is -5.46. The lowest BCUT2D eigenvalue weighted by Crippen LogP contribution is -2.54. The van der Waals surface area contributed by atoms with E-state index in [9.17, 15) is 24.0 Å². The van der Waals surface area contributed by atoms with Gasteiger partial charge in [0.25, 0.3) is 11.8 Å². The molecule has 0 bridgehead atoms. The molecule has 1 aliphatic carbocycles. The fraction of sp³-hybridized carbons (Fsp3) is 0.389. The van der Waals surface area contributed by atoms with E-state index in [0.717, 1.165) is 48.0 Å². The minimum absolute atomic E-state index is 0.0484. The molecular weight excluding hydrogens is 624 g/mol. The van der Waals surface area contributed by atoms with Gasteiger partial charge >= 0.3 is 0 Å². The minimum atomic E-state index is -0.987. The molecule has 49 heavy (non-hydrogen) atoms. The molecule has 2 saturated heterocycles. The smallest absolute Gasteiger partial charge is 0.262 e. The number of nitrogens with zero attached hydrogens (tertiary/aromatic N) is 4. The van der Waals surface area contributed by atoms with Crippen molar-refractivity contribution in [1.82, 2.24) is 30.4 Å². The summed E-state index contributed by atoms with van der Waals surface area (Å²) in [6, 6.07) is 11.9. The van der Waals surface area contributed by atoms with E-state index in [-0.39, 0.29) is 41.8 Å². The summed E-state index contributed by atoms with van der Waals surface area (Å²) in [6.07, 6.45) is 9.24. The molecule has 252 valence electrons. The molecule has 3 aromatic rings. The van der Waals surface area contributed by atoms with Gasteiger partial charge in [-0.2, -0.15) is 0 Å². The summed E-state index contributed by atoms with van der Waals surface area (Å²) < 4.78 is 0. The minimum Gasteiger partial charge on any atom is -0.387 e. The maximum Gasteiger partial charge on any atom is 0.262 e. The molecule has 2 aromatic carbocycles. The number of para-hydroxylation sites is 2. The molecule has 1 unspecified atom stereocenters. The van der Waals surface area contributed by atoms with Crippen molar-refractivity contribution >= 4 is 58.0 Å². The first kappa shape index (κ1) is 32.1. The van der Waals surface area contributed by atoms with Crippen molar-refractivity contribution < 1.29 is 24.0 Å². The number of carbonyl (C=O) groups excluding carboxylic acids is 5. The summed E-state index contributed by atoms with van der Waals surface area (Å²) >= 11 is 0. The Labute approximate surface area is 283 Å². The van der Waals surface area contributed by atoms with Gasteiger partial charge in [0, 0.05) is 61.7 Å². The van der Waals surface area contributed by atoms with Crippen LogP contribution in [0.15, 0.2) is 54.9 Å². The third kappa shape index (κ3) is 6.52. The zero-order valence-corrected chi connectivity index (χ0v) is 27.0. The van der Waals surface area contributed by atoms with Crippen LogP contribution in [0.1, 0.15) is 71.4 Å². The Morgan fingerprint density at radius 2 is 1.73 bits per heavy atom. The number of hydrogen-bond acceptors (Lipinski definition) is 10. The number of nitrogens with one attached hydrogen (secondary N) is 4. The van der Waals surface area contributed by atoms with Crippen LogP contribution in [-0.2, 0) is 14.4 Å². The van der Waals surface area contributed by atoms with Crippen molar-refractivity contribution in [2.75, 3.05) is 25.0 Å². The molecule has 1 saturated carbocycles. The molecular formula is C36H38N8O5. The van der Waals surface area contributed by atoms with Gasteiger partial charge in [-0.1, -0.05) is 12.1 Å². The summed E-state index contributed by atoms with van der Waals surface area (Å²) in [5.41, 5.74) is 4.10. The average molecular weight is 663 g/mol. The standard InChI is InChI=1S/C36H38N8O5/c37-18-23(30-20-40-28-3-1-2-4-29(28)41-30)19-39-24-10-13-43(14-11-24)34(47)22-15-21(16-22)9-12-38-25-5-6-26-27(17-25)36(49)44(35(26)48)31-7-8-32(45)42-33(31)46/h1-6,17-22,24,31,37-39H,7-16H2,(H,42,45,46)/b23-19+,37-18?. The first-order chi connectivity index (χ1) is 23.8. The Morgan fingerprint density at radius 3 is 2.49 bits per heavy atom. The van der Waals surface area contributed by atoms with Gasteiger partial charge in [0.1, 0.15) is 6.04 Å². The summed E-state index contributed by atoms with van der Waals surface area (Å²) in [5.74, 6) is -1.37. The van der Waals surface area contributed by atoms with Crippen molar-refractivity contribution in [1.29, 1.82) is 5.41 Å². The number of piperidine rings is 2. The van der Waals surface area contributed by atoms with Gasteiger partial charge in [-0.05, 0) is 74.8 Å². The van der Waals surface area contributed by atoms with E-state index in [1.54, 1.807) is 24.4 Å². The first-order valence-corrected chi connectivity index (χ1v) is 16.9. The Balaban J connectivity index is 0.835. The third-order valence-electron chi connectivity index (χ3n) is 10.1. The fourth-order valence-electron chi connectivity index (χ4n) is 7.19. The van der Waals surface area contributed by atoms with Crippen molar-refractivity contribution in [3.8, 4) is 0 Å². The van der Waals surface area contributed by atoms with E-state index < -0.39 is 29.7 Å². The van der Waals surface area contributed by atoms with Gasteiger partial charge in [0.2, 0.25) is 17.7 Å². The van der Waals surface area contributed by atoms with Gasteiger partial charge < -0.3 is 20.9 Å². The topological polar surface area (TPSA) is 178 Å². The zero-order chi connectivity index (χ0) is 34.1. The van der Waals surface area contributed by atoms with E-state index in [4.69, 9.17) is 5.41 Å². The van der Waals surface area contributed by atoms with Crippen molar-refractivity contribution in [2.45, 2.75) is 57.0 Å². The summed E-state index contributed by atoms with van der Waals surface area (Å²) in [7, 11) is 0. The molecule has 4 N–H and O–H groups in total. The van der Waals surface area contributed by atoms with Crippen LogP contribution in [0.25, 0.3) is 16.6 Å². The SMILES string of the molecule is N=C/C(=C\NC1CCN(C(=O)C2CC(CCNc3ccc4c(c3)C(=O)N(C3CCC(=O)NC3=O)C4=O)C2)CC1)c1cnc2ccccc2n1. The van der Waals surface area contributed by atoms with Crippen LogP contribution in [0, 0.1) is 17.2 Å². The number of anilines is 1. The molecule has 4 aliphatic rings. The summed E-state index contributed by atoms with van der Waals surface area (Å²) in [4.78, 5) is 75.1. The molecule has 1 aromatic heterocycles. The van der Waals surface area contributed by atoms with Crippen LogP contribution >= 0.6 is 0 Å². The molecule has 3 aliphatic heterocycles. The second kappa shape index (κ2) is 13.6. The summed E-state index contributed by atoms with van der Waals surface area (Å²) in [5, 5.41) is 16.9. The van der Waals surface area contributed by atoms with Crippen LogP contribution in [0.4, 0.5) is 5.69 Å². The second-order valence-electron chi connectivity index (χ2n) is 13.2. The predicted molar refractivity (Wildman–Crippen MR) is 181 cm³/mol. The molecule has 0 radical (unpaired) electrons. The predicted octanol–water partition coefficient (Wildman–Crippen LogP) is 3.13. The van der Waals surface area contributed by atoms with Crippen LogP contribution in [-0.4, -0.2) is 87.2 Å². The number of imide groups is 2. The lowest BCUT2D eigenvalue weighted by Gasteiger charge is -2.40. The molecule has 13 heteroatoms. The van der Waals surface area contributed by atoms with Gasteiger partial charge in [-0.25, -0.2) is 4.98 Å². The molecule has 0 spiro atoms. The van der Waals surface area contributed by atoms with Crippen LogP contribution in [0.3, 0.4) is 0 Å². The van der Waals surface area contributed by atoms with Crippen molar-refractivity contribution in [2.24, 2.45) is 11.8 Å². The van der Waals surface area contributed by atoms with Crippen LogP contribution in [0.2, 0.25) is 0 Å². The molecule has 1 atom stereocenters. The van der Waals surface area contributed by atoms with E-state index in [2.05, 4.69) is 25.9 Å². The van der Waals surface area contributed by atoms with Gasteiger partial charge in [0.05, 0.1) is 34.1 Å². The van der Waals surface area contributed by atoms with Gasteiger partial charge in [-0.3, -0.25) is 39.2 Å². The van der Waals surface area contributed by atoms with E-state index in [1.807, 2.05) is 35.4 Å². The van der Waals surface area contributed by atoms with Crippen LogP contribution in [0.5, 0.6) is 0 Å². The maximum absolute atomic E-state index is 13.2. The number of carbonyl (C=O) groups is 5. The fourth-order valence-corrected chi connectivity index (χ4v) is 7.19. The Morgan fingerprint density at radius 1 is 0.980 bits per heavy atom. The van der Waals surface area contributed by atoms with E-state index in [0.29, 0.717) is 42.5 Å². The highest BCUT2D eigenvalue weighted by atomic mass is 16.2. The van der Waals surface area contributed by atoms with Crippen molar-refractivity contribution in [3.63, 3.8) is 0 Å². The van der Waals surface area contributed by atoms with Crippen molar-refractivity contribution in [3.05, 3.63) is 71.7 Å². The number of hydrogen-bond donors (Lipinski definition) is 4. The molecule has 5 amide bonds. The monoisotopic (exact) mass is 662 g/mol. The number of benzene rings is 2. The normalized spacial score (nSPS) is 22.9. The van der Waals surface area contributed by atoms with E-state index >= 15 is 0 Å². The first-order valence-electron chi connectivity index (χ1n) is 16.9. The number of fused-ring (bicyclic) bond motifs is 2. The highest BCUT2D eigenvalue weighted by molar-refractivity contribution is 6.23. The average Bonchev–Trinajstić information content (AvgIpc) is 3.34. The van der Waals surface area contributed by atoms with Gasteiger partial charge in [0.15, 0.2) is 0 Å². The lowest BCUT2D eigenvalue weighted by atomic mass is 9.72. The lowest BCUT2D eigenvalue weighted by molar-refractivity contribution is -0.141. The number of aromatic nitrogens is 2. The number of likely N-dealkylation sites (tertiary alicyclic amines) is 1. The molecule has 3 fully saturated rings. The van der Waals surface area contributed by atoms with Crippen LogP contribution < -0.4 is 16.0 Å². The Bertz CT molecular complexity index is 1880. The summed E-state index contributed by atoms with van der Waals surface area (Å²) in [6.45, 7) is 2.06. The highest BCUT2D eigenvalue weighted by Gasteiger charge is 2.44. The third-order valence-corrected chi connectivity index (χ3v) is 10.1. The molecule has 7 rings (SSSR count). The number of allylic oxidation sites excluding steroid dienone is 1. The maximum atomic E-state index is 13.2. The molecule has 4 heterocycles. The van der Waals surface area contributed by atoms with E-state index in [1.165, 1.54) is 6.21 Å². The quantitative estimate of drug-likeness (QED) is 0.188. The molecule has 13 nitrogen and oxygen atoms in total.